The molecule has 2 aliphatic rings. The molecule has 0 radical (unpaired) electrons. The Kier molecular flexibility index (Phi) is 5.47. The van der Waals surface area contributed by atoms with E-state index in [9.17, 15) is 4.79 Å². The van der Waals surface area contributed by atoms with Gasteiger partial charge >= 0.3 is 0 Å². The largest absolute Gasteiger partial charge is 0.336 e. The second-order valence-electron chi connectivity index (χ2n) is 6.09. The molecule has 2 N–H and O–H groups in total. The maximum Gasteiger partial charge on any atom is 0.227 e. The molecule has 1 aliphatic heterocycles. The Morgan fingerprint density at radius 2 is 1.89 bits per heavy atom. The third-order valence-electron chi connectivity index (χ3n) is 4.78. The third-order valence-corrected chi connectivity index (χ3v) is 4.78. The second kappa shape index (κ2) is 6.25. The number of nitrogens with two attached hydrogens (primary N) is 1. The van der Waals surface area contributed by atoms with E-state index in [1.54, 1.807) is 0 Å². The highest BCUT2D eigenvalue weighted by Gasteiger charge is 2.43. The van der Waals surface area contributed by atoms with Crippen molar-refractivity contribution in [3.63, 3.8) is 0 Å². The first-order valence-corrected chi connectivity index (χ1v) is 7.10. The third kappa shape index (κ3) is 2.83. The lowest BCUT2D eigenvalue weighted by Crippen LogP contribution is -2.48. The highest BCUT2D eigenvalue weighted by atomic mass is 35.5. The summed E-state index contributed by atoms with van der Waals surface area (Å²) < 4.78 is 0. The Morgan fingerprint density at radius 1 is 1.28 bits per heavy atom. The maximum atomic E-state index is 12.5. The molecule has 5 unspecified atom stereocenters. The Morgan fingerprint density at radius 3 is 2.50 bits per heavy atom. The van der Waals surface area contributed by atoms with Gasteiger partial charge in [-0.3, -0.25) is 4.79 Å². The first-order valence-electron chi connectivity index (χ1n) is 7.10. The van der Waals surface area contributed by atoms with Crippen molar-refractivity contribution in [1.82, 2.24) is 4.90 Å². The van der Waals surface area contributed by atoms with Gasteiger partial charge in [0, 0.05) is 18.1 Å². The number of halogens is 1. The summed E-state index contributed by atoms with van der Waals surface area (Å²) in [5.41, 5.74) is 5.87. The molecule has 2 rings (SSSR count). The summed E-state index contributed by atoms with van der Waals surface area (Å²) >= 11 is 0. The van der Waals surface area contributed by atoms with Gasteiger partial charge in [0.1, 0.15) is 0 Å². The number of hydrogen-bond acceptors (Lipinski definition) is 2. The average molecular weight is 275 g/mol. The van der Waals surface area contributed by atoms with Crippen molar-refractivity contribution in [3.05, 3.63) is 0 Å². The molecule has 0 bridgehead atoms. The van der Waals surface area contributed by atoms with Crippen molar-refractivity contribution in [3.8, 4) is 0 Å². The quantitative estimate of drug-likeness (QED) is 0.841. The topological polar surface area (TPSA) is 46.3 Å². The minimum absolute atomic E-state index is 0. The molecule has 0 spiro atoms. The lowest BCUT2D eigenvalue weighted by Gasteiger charge is -2.35. The van der Waals surface area contributed by atoms with Gasteiger partial charge in [-0.1, -0.05) is 19.8 Å². The van der Waals surface area contributed by atoms with Gasteiger partial charge < -0.3 is 10.6 Å². The number of rotatable bonds is 2. The van der Waals surface area contributed by atoms with Crippen molar-refractivity contribution in [2.75, 3.05) is 0 Å². The fourth-order valence-electron chi connectivity index (χ4n) is 3.55. The molecule has 1 heterocycles. The van der Waals surface area contributed by atoms with Crippen LogP contribution in [0.25, 0.3) is 0 Å². The SMILES string of the molecule is CC(N)C(C)C(=O)N1C(C)CC2CCCCC21.Cl. The van der Waals surface area contributed by atoms with Crippen molar-refractivity contribution >= 4 is 18.3 Å². The van der Waals surface area contributed by atoms with Gasteiger partial charge in [0.25, 0.3) is 0 Å². The summed E-state index contributed by atoms with van der Waals surface area (Å²) in [4.78, 5) is 14.7. The van der Waals surface area contributed by atoms with E-state index in [2.05, 4.69) is 11.8 Å². The Bertz CT molecular complexity index is 296. The maximum absolute atomic E-state index is 12.5. The molecule has 3 nitrogen and oxygen atoms in total. The van der Waals surface area contributed by atoms with Gasteiger partial charge in [0.2, 0.25) is 5.91 Å². The molecule has 1 saturated carbocycles. The van der Waals surface area contributed by atoms with E-state index in [0.29, 0.717) is 12.1 Å². The molecule has 1 amide bonds. The smallest absolute Gasteiger partial charge is 0.227 e. The molecule has 18 heavy (non-hydrogen) atoms. The summed E-state index contributed by atoms with van der Waals surface area (Å²) in [7, 11) is 0. The number of hydrogen-bond donors (Lipinski definition) is 1. The molecular formula is C14H27ClN2O. The first kappa shape index (κ1) is 15.8. The summed E-state index contributed by atoms with van der Waals surface area (Å²) in [6.45, 7) is 6.10. The number of fused-ring (bicyclic) bond motifs is 1. The molecule has 0 aromatic carbocycles. The van der Waals surface area contributed by atoms with E-state index in [1.165, 1.54) is 32.1 Å². The van der Waals surface area contributed by atoms with Gasteiger partial charge in [0.05, 0.1) is 5.92 Å². The highest BCUT2D eigenvalue weighted by molar-refractivity contribution is 5.85. The first-order chi connectivity index (χ1) is 8.02. The van der Waals surface area contributed by atoms with Crippen LogP contribution in [0, 0.1) is 11.8 Å². The summed E-state index contributed by atoms with van der Waals surface area (Å²) in [6.07, 6.45) is 6.34. The van der Waals surface area contributed by atoms with Crippen LogP contribution in [0.1, 0.15) is 52.9 Å². The van der Waals surface area contributed by atoms with Crippen LogP contribution in [-0.2, 0) is 4.79 Å². The normalized spacial score (nSPS) is 34.4. The molecule has 2 fully saturated rings. The Hall–Kier alpha value is -0.280. The van der Waals surface area contributed by atoms with E-state index in [1.807, 2.05) is 13.8 Å². The molecular weight excluding hydrogens is 248 g/mol. The van der Waals surface area contributed by atoms with Crippen molar-refractivity contribution < 1.29 is 4.79 Å². The van der Waals surface area contributed by atoms with Crippen LogP contribution in [0.15, 0.2) is 0 Å². The minimum atomic E-state index is -0.0441. The summed E-state index contributed by atoms with van der Waals surface area (Å²) in [5, 5.41) is 0. The standard InChI is InChI=1S/C14H26N2O.ClH/c1-9-8-12-6-4-5-7-13(12)16(9)14(17)10(2)11(3)15;/h9-13H,4-8,15H2,1-3H3;1H. The second-order valence-corrected chi connectivity index (χ2v) is 6.09. The fourth-order valence-corrected chi connectivity index (χ4v) is 3.55. The molecule has 4 heteroatoms. The van der Waals surface area contributed by atoms with E-state index in [-0.39, 0.29) is 30.3 Å². The van der Waals surface area contributed by atoms with Gasteiger partial charge in [-0.05, 0) is 39.0 Å². The zero-order valence-corrected chi connectivity index (χ0v) is 12.6. The van der Waals surface area contributed by atoms with Gasteiger partial charge in [-0.15, -0.1) is 12.4 Å². The van der Waals surface area contributed by atoms with E-state index in [4.69, 9.17) is 5.73 Å². The van der Waals surface area contributed by atoms with Crippen LogP contribution in [0.4, 0.5) is 0 Å². The molecule has 5 atom stereocenters. The van der Waals surface area contributed by atoms with Gasteiger partial charge in [-0.2, -0.15) is 0 Å². The van der Waals surface area contributed by atoms with E-state index >= 15 is 0 Å². The molecule has 0 aromatic heterocycles. The zero-order chi connectivity index (χ0) is 12.6. The van der Waals surface area contributed by atoms with Crippen molar-refractivity contribution in [2.24, 2.45) is 17.6 Å². The van der Waals surface area contributed by atoms with Crippen LogP contribution in [0.5, 0.6) is 0 Å². The number of carbonyl (C=O) groups is 1. The van der Waals surface area contributed by atoms with Crippen molar-refractivity contribution in [1.29, 1.82) is 0 Å². The number of carbonyl (C=O) groups excluding carboxylic acids is 1. The molecule has 1 saturated heterocycles. The summed E-state index contributed by atoms with van der Waals surface area (Å²) in [5.74, 6) is 0.989. The number of amides is 1. The Balaban J connectivity index is 0.00000162. The Labute approximate surface area is 117 Å². The fraction of sp³-hybridized carbons (Fsp3) is 0.929. The van der Waals surface area contributed by atoms with Crippen LogP contribution in [0.2, 0.25) is 0 Å². The minimum Gasteiger partial charge on any atom is -0.336 e. The van der Waals surface area contributed by atoms with Crippen LogP contribution in [-0.4, -0.2) is 28.9 Å². The average Bonchev–Trinajstić information content (AvgIpc) is 2.62. The van der Waals surface area contributed by atoms with E-state index < -0.39 is 0 Å². The highest BCUT2D eigenvalue weighted by Crippen LogP contribution is 2.40. The molecule has 106 valence electrons. The zero-order valence-electron chi connectivity index (χ0n) is 11.8. The number of likely N-dealkylation sites (tertiary alicyclic amines) is 1. The van der Waals surface area contributed by atoms with Crippen LogP contribution >= 0.6 is 12.4 Å². The van der Waals surface area contributed by atoms with Crippen LogP contribution in [0.3, 0.4) is 0 Å². The molecule has 0 aromatic rings. The lowest BCUT2D eigenvalue weighted by molar-refractivity contribution is -0.138. The molecule has 1 aliphatic carbocycles. The monoisotopic (exact) mass is 274 g/mol. The number of nitrogens with zero attached hydrogens (tertiary/aromatic N) is 1. The lowest BCUT2D eigenvalue weighted by atomic mass is 9.84. The van der Waals surface area contributed by atoms with Gasteiger partial charge in [0.15, 0.2) is 0 Å². The van der Waals surface area contributed by atoms with E-state index in [0.717, 1.165) is 5.92 Å². The predicted molar refractivity (Wildman–Crippen MR) is 76.7 cm³/mol. The predicted octanol–water partition coefficient (Wildman–Crippen LogP) is 2.57. The van der Waals surface area contributed by atoms with Gasteiger partial charge in [-0.25, -0.2) is 0 Å². The van der Waals surface area contributed by atoms with Crippen LogP contribution < -0.4 is 5.73 Å². The summed E-state index contributed by atoms with van der Waals surface area (Å²) in [6, 6.07) is 0.876. The van der Waals surface area contributed by atoms with Crippen molar-refractivity contribution in [2.45, 2.75) is 71.0 Å².